The molecule has 1 aliphatic heterocycles. The number of ketones is 1. The largest absolute Gasteiger partial charge is 0.486 e. The molecule has 0 bridgehead atoms. The molecule has 5 rings (SSSR count). The average Bonchev–Trinajstić information content (AvgIpc) is 3.38. The number of likely N-dealkylation sites (tertiary alicyclic amines) is 1. The molecule has 1 saturated heterocycles. The molecule has 0 spiro atoms. The number of ether oxygens (including phenoxy) is 1. The fraction of sp³-hybridized carbons (Fsp3) is 0.462. The third kappa shape index (κ3) is 4.67. The second-order valence-electron chi connectivity index (χ2n) is 9.63. The molecule has 2 aromatic heterocycles. The first-order valence-corrected chi connectivity index (χ1v) is 12.4. The molecule has 1 saturated carbocycles. The highest BCUT2D eigenvalue weighted by Crippen LogP contribution is 2.48. The SMILES string of the molecule is CCC(C)NC(=O)[C@@H]1C[C@H]2C[C@H]2N1C(=O)Cn1nc(C(C)=O)c2cc(OCc3ncccn3)ccc21. The minimum atomic E-state index is -0.454. The molecule has 36 heavy (non-hydrogen) atoms. The van der Waals surface area contributed by atoms with Crippen LogP contribution in [-0.2, 0) is 22.7 Å². The van der Waals surface area contributed by atoms with Crippen LogP contribution in [0.2, 0.25) is 0 Å². The molecule has 4 atom stereocenters. The normalized spacial score (nSPS) is 21.2. The maximum absolute atomic E-state index is 13.4. The summed E-state index contributed by atoms with van der Waals surface area (Å²) in [5.74, 6) is 1.02. The van der Waals surface area contributed by atoms with Gasteiger partial charge in [0, 0.05) is 36.8 Å². The van der Waals surface area contributed by atoms with Gasteiger partial charge in [0.1, 0.15) is 30.6 Å². The standard InChI is InChI=1S/C26H30N6O4/c1-4-15(2)29-26(35)22-11-17-10-21(17)32(22)24(34)13-31-20-7-6-18(12-19(20)25(30-31)16(3)33)36-14-23-27-8-5-9-28-23/h5-9,12,15,17,21-22H,4,10-11,13-14H2,1-3H3,(H,29,35)/t15?,17-,21-,22+/m1/s1. The highest BCUT2D eigenvalue weighted by Gasteiger charge is 2.56. The Kier molecular flexibility index (Phi) is 6.42. The van der Waals surface area contributed by atoms with Gasteiger partial charge in [-0.15, -0.1) is 0 Å². The Balaban J connectivity index is 1.36. The number of amides is 2. The number of aromatic nitrogens is 4. The van der Waals surface area contributed by atoms with Crippen LogP contribution in [0.4, 0.5) is 0 Å². The summed E-state index contributed by atoms with van der Waals surface area (Å²) in [6.45, 7) is 5.57. The van der Waals surface area contributed by atoms with E-state index in [4.69, 9.17) is 4.74 Å². The molecule has 2 fully saturated rings. The van der Waals surface area contributed by atoms with Crippen molar-refractivity contribution in [1.29, 1.82) is 0 Å². The van der Waals surface area contributed by atoms with Gasteiger partial charge in [-0.1, -0.05) is 6.92 Å². The van der Waals surface area contributed by atoms with E-state index in [9.17, 15) is 14.4 Å². The number of hydrogen-bond acceptors (Lipinski definition) is 7. The number of carbonyl (C=O) groups excluding carboxylic acids is 3. The van der Waals surface area contributed by atoms with Crippen LogP contribution in [0.3, 0.4) is 0 Å². The van der Waals surface area contributed by atoms with Crippen molar-refractivity contribution >= 4 is 28.5 Å². The smallest absolute Gasteiger partial charge is 0.245 e. The molecule has 2 aliphatic rings. The Morgan fingerprint density at radius 2 is 1.97 bits per heavy atom. The van der Waals surface area contributed by atoms with Crippen LogP contribution in [0.5, 0.6) is 5.75 Å². The molecule has 1 unspecified atom stereocenters. The lowest BCUT2D eigenvalue weighted by Crippen LogP contribution is -2.50. The van der Waals surface area contributed by atoms with Crippen LogP contribution in [0, 0.1) is 5.92 Å². The van der Waals surface area contributed by atoms with Gasteiger partial charge in [0.2, 0.25) is 11.8 Å². The predicted molar refractivity (Wildman–Crippen MR) is 131 cm³/mol. The highest BCUT2D eigenvalue weighted by molar-refractivity contribution is 6.05. The van der Waals surface area contributed by atoms with E-state index in [0.29, 0.717) is 34.8 Å². The molecule has 10 heteroatoms. The second-order valence-corrected chi connectivity index (χ2v) is 9.63. The number of nitrogens with zero attached hydrogens (tertiary/aromatic N) is 5. The molecular formula is C26H30N6O4. The number of carbonyl (C=O) groups is 3. The Labute approximate surface area is 209 Å². The lowest BCUT2D eigenvalue weighted by atomic mass is 10.1. The van der Waals surface area contributed by atoms with Crippen LogP contribution in [0.1, 0.15) is 56.3 Å². The summed E-state index contributed by atoms with van der Waals surface area (Å²) in [5, 5.41) is 8.10. The van der Waals surface area contributed by atoms with E-state index in [2.05, 4.69) is 20.4 Å². The van der Waals surface area contributed by atoms with Crippen molar-refractivity contribution in [2.24, 2.45) is 5.92 Å². The van der Waals surface area contributed by atoms with Gasteiger partial charge in [0.05, 0.1) is 5.52 Å². The summed E-state index contributed by atoms with van der Waals surface area (Å²) in [6, 6.07) is 6.76. The number of Topliss-reactive ketones (excluding diaryl/α,β-unsaturated/α-hetero) is 1. The van der Waals surface area contributed by atoms with Gasteiger partial charge in [-0.3, -0.25) is 19.1 Å². The fourth-order valence-electron chi connectivity index (χ4n) is 4.88. The molecule has 0 radical (unpaired) electrons. The van der Waals surface area contributed by atoms with E-state index in [1.54, 1.807) is 46.2 Å². The van der Waals surface area contributed by atoms with Gasteiger partial charge in [0.15, 0.2) is 11.6 Å². The molecule has 1 aliphatic carbocycles. The minimum Gasteiger partial charge on any atom is -0.486 e. The molecule has 1 aromatic carbocycles. The average molecular weight is 491 g/mol. The maximum Gasteiger partial charge on any atom is 0.245 e. The van der Waals surface area contributed by atoms with E-state index >= 15 is 0 Å². The van der Waals surface area contributed by atoms with Crippen LogP contribution in [-0.4, -0.2) is 60.4 Å². The Bertz CT molecular complexity index is 1310. The van der Waals surface area contributed by atoms with Gasteiger partial charge in [-0.2, -0.15) is 5.10 Å². The van der Waals surface area contributed by atoms with Crippen LogP contribution in [0.25, 0.3) is 10.9 Å². The number of fused-ring (bicyclic) bond motifs is 2. The summed E-state index contributed by atoms with van der Waals surface area (Å²) < 4.78 is 7.37. The summed E-state index contributed by atoms with van der Waals surface area (Å²) >= 11 is 0. The molecular weight excluding hydrogens is 460 g/mol. The fourth-order valence-corrected chi connectivity index (χ4v) is 4.88. The summed E-state index contributed by atoms with van der Waals surface area (Å²) in [6.07, 6.45) is 5.75. The first kappa shape index (κ1) is 23.9. The number of hydrogen-bond donors (Lipinski definition) is 1. The number of piperidine rings is 1. The van der Waals surface area contributed by atoms with Gasteiger partial charge >= 0.3 is 0 Å². The Morgan fingerprint density at radius 1 is 1.19 bits per heavy atom. The third-order valence-electron chi connectivity index (χ3n) is 7.02. The van der Waals surface area contributed by atoms with Crippen LogP contribution in [0.15, 0.2) is 36.7 Å². The van der Waals surface area contributed by atoms with Crippen molar-refractivity contribution in [3.8, 4) is 5.75 Å². The maximum atomic E-state index is 13.4. The van der Waals surface area contributed by atoms with Crippen molar-refractivity contribution in [3.63, 3.8) is 0 Å². The predicted octanol–water partition coefficient (Wildman–Crippen LogP) is 2.51. The molecule has 2 amide bonds. The van der Waals surface area contributed by atoms with Crippen molar-refractivity contribution in [2.75, 3.05) is 0 Å². The molecule has 1 N–H and O–H groups in total. The van der Waals surface area contributed by atoms with E-state index in [-0.39, 0.29) is 48.5 Å². The molecule has 188 valence electrons. The van der Waals surface area contributed by atoms with Crippen LogP contribution < -0.4 is 10.1 Å². The molecule has 3 aromatic rings. The number of nitrogens with one attached hydrogen (secondary N) is 1. The zero-order chi connectivity index (χ0) is 25.4. The van der Waals surface area contributed by atoms with E-state index in [0.717, 1.165) is 12.8 Å². The first-order chi connectivity index (χ1) is 17.4. The van der Waals surface area contributed by atoms with E-state index < -0.39 is 6.04 Å². The topological polar surface area (TPSA) is 119 Å². The Hall–Kier alpha value is -3.82. The summed E-state index contributed by atoms with van der Waals surface area (Å²) in [7, 11) is 0. The summed E-state index contributed by atoms with van der Waals surface area (Å²) in [5.41, 5.74) is 0.931. The lowest BCUT2D eigenvalue weighted by molar-refractivity contribution is -0.140. The van der Waals surface area contributed by atoms with Crippen molar-refractivity contribution in [2.45, 2.75) is 71.3 Å². The van der Waals surface area contributed by atoms with Crippen molar-refractivity contribution < 1.29 is 19.1 Å². The van der Waals surface area contributed by atoms with E-state index in [1.807, 2.05) is 13.8 Å². The zero-order valence-corrected chi connectivity index (χ0v) is 20.7. The Morgan fingerprint density at radius 3 is 2.69 bits per heavy atom. The summed E-state index contributed by atoms with van der Waals surface area (Å²) in [4.78, 5) is 48.7. The third-order valence-corrected chi connectivity index (χ3v) is 7.02. The van der Waals surface area contributed by atoms with Crippen molar-refractivity contribution in [1.82, 2.24) is 30.0 Å². The lowest BCUT2D eigenvalue weighted by Gasteiger charge is -2.28. The number of benzene rings is 1. The van der Waals surface area contributed by atoms with Gasteiger partial charge in [-0.05, 0) is 56.4 Å². The van der Waals surface area contributed by atoms with Crippen LogP contribution >= 0.6 is 0 Å². The monoisotopic (exact) mass is 490 g/mol. The number of rotatable bonds is 9. The molecule has 3 heterocycles. The van der Waals surface area contributed by atoms with E-state index in [1.165, 1.54) is 6.92 Å². The zero-order valence-electron chi connectivity index (χ0n) is 20.7. The highest BCUT2D eigenvalue weighted by atomic mass is 16.5. The minimum absolute atomic E-state index is 0.0435. The quantitative estimate of drug-likeness (QED) is 0.458. The van der Waals surface area contributed by atoms with Crippen molar-refractivity contribution in [3.05, 3.63) is 48.2 Å². The van der Waals surface area contributed by atoms with Gasteiger partial charge in [0.25, 0.3) is 0 Å². The first-order valence-electron chi connectivity index (χ1n) is 12.4. The van der Waals surface area contributed by atoms with Gasteiger partial charge in [-0.25, -0.2) is 9.97 Å². The molecule has 10 nitrogen and oxygen atoms in total. The second kappa shape index (κ2) is 9.67. The van der Waals surface area contributed by atoms with Gasteiger partial charge < -0.3 is 15.0 Å².